The van der Waals surface area contributed by atoms with Crippen molar-refractivity contribution in [3.8, 4) is 0 Å². The third-order valence-corrected chi connectivity index (χ3v) is 1.61. The zero-order valence-corrected chi connectivity index (χ0v) is 6.59. The fourth-order valence-electron chi connectivity index (χ4n) is 0.944. The summed E-state index contributed by atoms with van der Waals surface area (Å²) in [5, 5.41) is 0. The normalized spacial score (nSPS) is 31.6. The SMILES string of the molecule is C=CC1OCCC(C)(C)O1. The first-order valence-corrected chi connectivity index (χ1v) is 3.56. The summed E-state index contributed by atoms with van der Waals surface area (Å²) in [5.41, 5.74) is -0.0445. The second kappa shape index (κ2) is 2.72. The van der Waals surface area contributed by atoms with Crippen LogP contribution in [0.2, 0.25) is 0 Å². The van der Waals surface area contributed by atoms with Crippen LogP contribution in [0.5, 0.6) is 0 Å². The van der Waals surface area contributed by atoms with Gasteiger partial charge in [-0.15, -0.1) is 0 Å². The largest absolute Gasteiger partial charge is 0.349 e. The Bertz CT molecular complexity index is 129. The van der Waals surface area contributed by atoms with Crippen LogP contribution in [-0.2, 0) is 9.47 Å². The van der Waals surface area contributed by atoms with Crippen LogP contribution in [0, 0.1) is 0 Å². The van der Waals surface area contributed by atoms with Crippen LogP contribution in [-0.4, -0.2) is 18.5 Å². The molecule has 1 fully saturated rings. The minimum absolute atomic E-state index is 0.0445. The Labute approximate surface area is 61.8 Å². The average Bonchev–Trinajstić information content (AvgIpc) is 1.86. The summed E-state index contributed by atoms with van der Waals surface area (Å²) in [4.78, 5) is 0. The molecular formula is C8H14O2. The van der Waals surface area contributed by atoms with Crippen LogP contribution in [0.4, 0.5) is 0 Å². The molecule has 1 atom stereocenters. The van der Waals surface area contributed by atoms with Crippen molar-refractivity contribution < 1.29 is 9.47 Å². The molecule has 2 nitrogen and oxygen atoms in total. The van der Waals surface area contributed by atoms with Gasteiger partial charge < -0.3 is 9.47 Å². The van der Waals surface area contributed by atoms with Crippen molar-refractivity contribution >= 4 is 0 Å². The molecule has 58 valence electrons. The van der Waals surface area contributed by atoms with E-state index >= 15 is 0 Å². The molecule has 1 aliphatic heterocycles. The predicted molar refractivity (Wildman–Crippen MR) is 39.7 cm³/mol. The maximum absolute atomic E-state index is 5.48. The van der Waals surface area contributed by atoms with E-state index in [9.17, 15) is 0 Å². The van der Waals surface area contributed by atoms with E-state index in [2.05, 4.69) is 20.4 Å². The Kier molecular flexibility index (Phi) is 2.11. The molecule has 0 N–H and O–H groups in total. The summed E-state index contributed by atoms with van der Waals surface area (Å²) in [6.07, 6.45) is 2.43. The molecule has 0 saturated carbocycles. The summed E-state index contributed by atoms with van der Waals surface area (Å²) in [6, 6.07) is 0. The maximum Gasteiger partial charge on any atom is 0.177 e. The maximum atomic E-state index is 5.48. The third-order valence-electron chi connectivity index (χ3n) is 1.61. The summed E-state index contributed by atoms with van der Waals surface area (Å²) in [7, 11) is 0. The van der Waals surface area contributed by atoms with Gasteiger partial charge in [0.25, 0.3) is 0 Å². The van der Waals surface area contributed by atoms with Gasteiger partial charge in [-0.05, 0) is 26.3 Å². The Morgan fingerprint density at radius 1 is 1.60 bits per heavy atom. The molecule has 0 aromatic rings. The summed E-state index contributed by atoms with van der Waals surface area (Å²) in [5.74, 6) is 0. The average molecular weight is 142 g/mol. The lowest BCUT2D eigenvalue weighted by atomic mass is 10.1. The number of ether oxygens (including phenoxy) is 2. The molecule has 0 aromatic carbocycles. The van der Waals surface area contributed by atoms with Crippen LogP contribution in [0.25, 0.3) is 0 Å². The first kappa shape index (κ1) is 7.76. The molecule has 1 aliphatic rings. The highest BCUT2D eigenvalue weighted by molar-refractivity contribution is 4.81. The molecule has 0 aliphatic carbocycles. The van der Waals surface area contributed by atoms with E-state index in [4.69, 9.17) is 9.47 Å². The minimum Gasteiger partial charge on any atom is -0.349 e. The molecule has 1 rings (SSSR count). The van der Waals surface area contributed by atoms with E-state index in [-0.39, 0.29) is 11.9 Å². The fraction of sp³-hybridized carbons (Fsp3) is 0.750. The number of hydrogen-bond donors (Lipinski definition) is 0. The van der Waals surface area contributed by atoms with Crippen molar-refractivity contribution in [2.75, 3.05) is 6.61 Å². The van der Waals surface area contributed by atoms with Crippen molar-refractivity contribution in [1.29, 1.82) is 0 Å². The van der Waals surface area contributed by atoms with Gasteiger partial charge in [-0.25, -0.2) is 0 Å². The highest BCUT2D eigenvalue weighted by Crippen LogP contribution is 2.22. The number of rotatable bonds is 1. The zero-order valence-electron chi connectivity index (χ0n) is 6.59. The third kappa shape index (κ3) is 1.82. The Morgan fingerprint density at radius 3 is 2.70 bits per heavy atom. The van der Waals surface area contributed by atoms with Crippen molar-refractivity contribution in [2.45, 2.75) is 32.2 Å². The second-order valence-electron chi connectivity index (χ2n) is 3.10. The van der Waals surface area contributed by atoms with E-state index < -0.39 is 0 Å². The molecule has 0 amide bonds. The molecular weight excluding hydrogens is 128 g/mol. The van der Waals surface area contributed by atoms with Crippen molar-refractivity contribution in [2.24, 2.45) is 0 Å². The van der Waals surface area contributed by atoms with Gasteiger partial charge in [0, 0.05) is 0 Å². The predicted octanol–water partition coefficient (Wildman–Crippen LogP) is 1.71. The monoisotopic (exact) mass is 142 g/mol. The van der Waals surface area contributed by atoms with E-state index in [1.165, 1.54) is 0 Å². The van der Waals surface area contributed by atoms with Gasteiger partial charge in [-0.2, -0.15) is 0 Å². The molecule has 0 bridgehead atoms. The first-order valence-electron chi connectivity index (χ1n) is 3.56. The summed E-state index contributed by atoms with van der Waals surface area (Å²) >= 11 is 0. The first-order chi connectivity index (χ1) is 4.64. The topological polar surface area (TPSA) is 18.5 Å². The molecule has 1 saturated heterocycles. The van der Waals surface area contributed by atoms with Gasteiger partial charge in [0.15, 0.2) is 6.29 Å². The molecule has 0 aromatic heterocycles. The van der Waals surface area contributed by atoms with Crippen LogP contribution in [0.3, 0.4) is 0 Å². The quantitative estimate of drug-likeness (QED) is 0.519. The molecule has 2 heteroatoms. The van der Waals surface area contributed by atoms with E-state index in [1.807, 2.05) is 0 Å². The van der Waals surface area contributed by atoms with Crippen LogP contribution in [0.1, 0.15) is 20.3 Å². The van der Waals surface area contributed by atoms with Gasteiger partial charge in [-0.3, -0.25) is 0 Å². The van der Waals surface area contributed by atoms with Crippen molar-refractivity contribution in [1.82, 2.24) is 0 Å². The van der Waals surface area contributed by atoms with Crippen LogP contribution < -0.4 is 0 Å². The molecule has 1 heterocycles. The van der Waals surface area contributed by atoms with E-state index in [0.717, 1.165) is 13.0 Å². The molecule has 0 radical (unpaired) electrons. The highest BCUT2D eigenvalue weighted by Gasteiger charge is 2.27. The Hall–Kier alpha value is -0.340. The van der Waals surface area contributed by atoms with Crippen molar-refractivity contribution in [3.63, 3.8) is 0 Å². The fourth-order valence-corrected chi connectivity index (χ4v) is 0.944. The van der Waals surface area contributed by atoms with Gasteiger partial charge in [0.2, 0.25) is 0 Å². The lowest BCUT2D eigenvalue weighted by molar-refractivity contribution is -0.221. The molecule has 1 unspecified atom stereocenters. The lowest BCUT2D eigenvalue weighted by Gasteiger charge is -2.34. The van der Waals surface area contributed by atoms with Gasteiger partial charge >= 0.3 is 0 Å². The minimum atomic E-state index is -0.205. The van der Waals surface area contributed by atoms with Gasteiger partial charge in [-0.1, -0.05) is 6.58 Å². The van der Waals surface area contributed by atoms with Gasteiger partial charge in [0.05, 0.1) is 12.2 Å². The Balaban J connectivity index is 2.47. The standard InChI is InChI=1S/C8H14O2/c1-4-7-9-6-5-8(2,3)10-7/h4,7H,1,5-6H2,2-3H3. The second-order valence-corrected chi connectivity index (χ2v) is 3.10. The Morgan fingerprint density at radius 2 is 2.30 bits per heavy atom. The van der Waals surface area contributed by atoms with Crippen LogP contribution in [0.15, 0.2) is 12.7 Å². The number of hydrogen-bond acceptors (Lipinski definition) is 2. The van der Waals surface area contributed by atoms with Crippen LogP contribution >= 0.6 is 0 Å². The summed E-state index contributed by atoms with van der Waals surface area (Å²) in [6.45, 7) is 8.49. The van der Waals surface area contributed by atoms with Crippen molar-refractivity contribution in [3.05, 3.63) is 12.7 Å². The van der Waals surface area contributed by atoms with E-state index in [0.29, 0.717) is 0 Å². The van der Waals surface area contributed by atoms with Gasteiger partial charge in [0.1, 0.15) is 0 Å². The molecule has 10 heavy (non-hydrogen) atoms. The molecule has 0 spiro atoms. The zero-order chi connectivity index (χ0) is 7.61. The lowest BCUT2D eigenvalue weighted by Crippen LogP contribution is -2.37. The summed E-state index contributed by atoms with van der Waals surface area (Å²) < 4.78 is 10.7. The van der Waals surface area contributed by atoms with E-state index in [1.54, 1.807) is 6.08 Å². The highest BCUT2D eigenvalue weighted by atomic mass is 16.7. The smallest absolute Gasteiger partial charge is 0.177 e.